The summed E-state index contributed by atoms with van der Waals surface area (Å²) in [6.07, 6.45) is -2.55. The van der Waals surface area contributed by atoms with Crippen molar-refractivity contribution in [1.82, 2.24) is 5.32 Å². The minimum absolute atomic E-state index is 0.210. The smallest absolute Gasteiger partial charge is 0.353 e. The van der Waals surface area contributed by atoms with Gasteiger partial charge in [0.15, 0.2) is 0 Å². The van der Waals surface area contributed by atoms with Gasteiger partial charge in [-0.2, -0.15) is 13.2 Å². The van der Waals surface area contributed by atoms with Crippen LogP contribution in [0.4, 0.5) is 18.9 Å². The third-order valence-electron chi connectivity index (χ3n) is 5.27. The number of alkyl halides is 3. The summed E-state index contributed by atoms with van der Waals surface area (Å²) in [7, 11) is 0. The molecule has 0 radical (unpaired) electrons. The summed E-state index contributed by atoms with van der Waals surface area (Å²) in [5.74, 6) is -0.210. The van der Waals surface area contributed by atoms with E-state index in [2.05, 4.69) is 22.3 Å². The zero-order chi connectivity index (χ0) is 21.1. The van der Waals surface area contributed by atoms with Crippen LogP contribution in [0.1, 0.15) is 27.9 Å². The van der Waals surface area contributed by atoms with Crippen molar-refractivity contribution in [1.29, 1.82) is 0 Å². The molecule has 0 aliphatic carbocycles. The van der Waals surface area contributed by atoms with E-state index in [1.54, 1.807) is 18.2 Å². The predicted molar refractivity (Wildman–Crippen MR) is 111 cm³/mol. The second kappa shape index (κ2) is 8.22. The van der Waals surface area contributed by atoms with Gasteiger partial charge in [-0.3, -0.25) is 4.79 Å². The number of nitrogens with one attached hydrogen (secondary N) is 1. The number of benzene rings is 3. The summed E-state index contributed by atoms with van der Waals surface area (Å²) >= 11 is 0. The van der Waals surface area contributed by atoms with Gasteiger partial charge in [-0.15, -0.1) is 0 Å². The topological polar surface area (TPSA) is 32.3 Å². The Morgan fingerprint density at radius 2 is 1.67 bits per heavy atom. The summed E-state index contributed by atoms with van der Waals surface area (Å²) in [5, 5.41) is 2.86. The molecule has 0 aromatic heterocycles. The number of rotatable bonds is 5. The Morgan fingerprint density at radius 3 is 2.43 bits per heavy atom. The van der Waals surface area contributed by atoms with Crippen LogP contribution in [0.2, 0.25) is 0 Å². The molecule has 1 amide bonds. The number of hydrogen-bond donors (Lipinski definition) is 1. The van der Waals surface area contributed by atoms with Gasteiger partial charge in [0.2, 0.25) is 0 Å². The standard InChI is InChI=1S/C24H21F3N2O/c25-24(26,27)20-10-4-9-18(14-20)19-11-12-22-21(15-19)23(30)28-16-29(22)13-5-8-17-6-2-1-3-7-17/h1-4,6-7,9-12,14-15H,5,8,13,16H2,(H,28,30). The Labute approximate surface area is 173 Å². The van der Waals surface area contributed by atoms with Crippen molar-refractivity contribution in [2.45, 2.75) is 19.0 Å². The fourth-order valence-electron chi connectivity index (χ4n) is 3.71. The molecule has 154 valence electrons. The van der Waals surface area contributed by atoms with Crippen LogP contribution in [-0.2, 0) is 12.6 Å². The van der Waals surface area contributed by atoms with Gasteiger partial charge < -0.3 is 10.2 Å². The van der Waals surface area contributed by atoms with Crippen molar-refractivity contribution in [3.8, 4) is 11.1 Å². The van der Waals surface area contributed by atoms with Crippen LogP contribution in [0.25, 0.3) is 11.1 Å². The number of amides is 1. The third-order valence-corrected chi connectivity index (χ3v) is 5.27. The van der Waals surface area contributed by atoms with E-state index in [-0.39, 0.29) is 5.91 Å². The average Bonchev–Trinajstić information content (AvgIpc) is 2.75. The van der Waals surface area contributed by atoms with E-state index in [4.69, 9.17) is 0 Å². The van der Waals surface area contributed by atoms with Crippen molar-refractivity contribution >= 4 is 11.6 Å². The van der Waals surface area contributed by atoms with Crippen LogP contribution < -0.4 is 10.2 Å². The lowest BCUT2D eigenvalue weighted by Gasteiger charge is -2.31. The van der Waals surface area contributed by atoms with Crippen LogP contribution in [0.15, 0.2) is 72.8 Å². The van der Waals surface area contributed by atoms with Crippen LogP contribution in [0.5, 0.6) is 0 Å². The zero-order valence-electron chi connectivity index (χ0n) is 16.2. The Bertz CT molecular complexity index is 1050. The number of nitrogens with zero attached hydrogens (tertiary/aromatic N) is 1. The lowest BCUT2D eigenvalue weighted by Crippen LogP contribution is -2.43. The molecule has 0 saturated heterocycles. The molecular formula is C24H21F3N2O. The molecule has 0 saturated carbocycles. The summed E-state index contributed by atoms with van der Waals surface area (Å²) in [6.45, 7) is 1.19. The van der Waals surface area contributed by atoms with E-state index in [1.165, 1.54) is 11.6 Å². The molecule has 6 heteroatoms. The molecule has 1 N–H and O–H groups in total. The van der Waals surface area contributed by atoms with E-state index in [0.717, 1.165) is 37.2 Å². The molecule has 1 aliphatic heterocycles. The molecule has 0 spiro atoms. The molecule has 3 nitrogen and oxygen atoms in total. The number of hydrogen-bond acceptors (Lipinski definition) is 2. The van der Waals surface area contributed by atoms with Gasteiger partial charge >= 0.3 is 6.18 Å². The van der Waals surface area contributed by atoms with Gasteiger partial charge in [0, 0.05) is 6.54 Å². The van der Waals surface area contributed by atoms with Gasteiger partial charge in [-0.25, -0.2) is 0 Å². The van der Waals surface area contributed by atoms with E-state index < -0.39 is 11.7 Å². The highest BCUT2D eigenvalue weighted by Crippen LogP contribution is 2.34. The molecule has 30 heavy (non-hydrogen) atoms. The van der Waals surface area contributed by atoms with E-state index in [9.17, 15) is 18.0 Å². The van der Waals surface area contributed by atoms with Crippen molar-refractivity contribution in [3.63, 3.8) is 0 Å². The lowest BCUT2D eigenvalue weighted by molar-refractivity contribution is -0.137. The molecule has 1 heterocycles. The molecule has 0 unspecified atom stereocenters. The molecular weight excluding hydrogens is 389 g/mol. The van der Waals surface area contributed by atoms with Crippen molar-refractivity contribution < 1.29 is 18.0 Å². The molecule has 0 bridgehead atoms. The van der Waals surface area contributed by atoms with Gasteiger partial charge in [-0.1, -0.05) is 48.5 Å². The highest BCUT2D eigenvalue weighted by Gasteiger charge is 2.30. The molecule has 0 atom stereocenters. The maximum Gasteiger partial charge on any atom is 0.416 e. The zero-order valence-corrected chi connectivity index (χ0v) is 16.2. The average molecular weight is 410 g/mol. The van der Waals surface area contributed by atoms with Crippen LogP contribution in [-0.4, -0.2) is 19.1 Å². The highest BCUT2D eigenvalue weighted by atomic mass is 19.4. The van der Waals surface area contributed by atoms with Crippen LogP contribution in [0.3, 0.4) is 0 Å². The second-order valence-corrected chi connectivity index (χ2v) is 7.33. The first-order valence-corrected chi connectivity index (χ1v) is 9.80. The summed E-state index contributed by atoms with van der Waals surface area (Å²) in [4.78, 5) is 14.5. The Balaban J connectivity index is 1.55. The number of halogens is 3. The summed E-state index contributed by atoms with van der Waals surface area (Å²) < 4.78 is 39.1. The minimum Gasteiger partial charge on any atom is -0.353 e. The molecule has 4 rings (SSSR count). The summed E-state index contributed by atoms with van der Waals surface area (Å²) in [5.41, 5.74) is 2.87. The Kier molecular flexibility index (Phi) is 5.48. The first kappa shape index (κ1) is 20.0. The largest absolute Gasteiger partial charge is 0.416 e. The Hall–Kier alpha value is -3.28. The predicted octanol–water partition coefficient (Wildman–Crippen LogP) is 5.51. The van der Waals surface area contributed by atoms with E-state index >= 15 is 0 Å². The third kappa shape index (κ3) is 4.32. The van der Waals surface area contributed by atoms with Crippen LogP contribution >= 0.6 is 0 Å². The fourth-order valence-corrected chi connectivity index (χ4v) is 3.71. The number of aryl methyl sites for hydroxylation is 1. The number of carbonyl (C=O) groups excluding carboxylic acids is 1. The molecule has 3 aromatic carbocycles. The maximum atomic E-state index is 13.0. The van der Waals surface area contributed by atoms with Crippen LogP contribution in [0, 0.1) is 0 Å². The highest BCUT2D eigenvalue weighted by molar-refractivity contribution is 6.02. The van der Waals surface area contributed by atoms with Gasteiger partial charge in [-0.05, 0) is 53.8 Å². The molecule has 1 aliphatic rings. The van der Waals surface area contributed by atoms with E-state index in [1.807, 2.05) is 24.3 Å². The quantitative estimate of drug-likeness (QED) is 0.601. The van der Waals surface area contributed by atoms with Gasteiger partial charge in [0.05, 0.1) is 23.5 Å². The van der Waals surface area contributed by atoms with Gasteiger partial charge in [0.1, 0.15) is 0 Å². The Morgan fingerprint density at radius 1 is 0.900 bits per heavy atom. The minimum atomic E-state index is -4.41. The number of carbonyl (C=O) groups is 1. The number of anilines is 1. The maximum absolute atomic E-state index is 13.0. The molecule has 3 aromatic rings. The van der Waals surface area contributed by atoms with Crippen molar-refractivity contribution in [3.05, 3.63) is 89.5 Å². The number of fused-ring (bicyclic) bond motifs is 1. The monoisotopic (exact) mass is 410 g/mol. The first-order chi connectivity index (χ1) is 14.4. The first-order valence-electron chi connectivity index (χ1n) is 9.80. The van der Waals surface area contributed by atoms with E-state index in [0.29, 0.717) is 23.4 Å². The SMILES string of the molecule is O=C1NCN(CCCc2ccccc2)c2ccc(-c3cccc(C(F)(F)F)c3)cc21. The van der Waals surface area contributed by atoms with Crippen molar-refractivity contribution in [2.24, 2.45) is 0 Å². The van der Waals surface area contributed by atoms with Crippen molar-refractivity contribution in [2.75, 3.05) is 18.1 Å². The molecule has 0 fully saturated rings. The van der Waals surface area contributed by atoms with Gasteiger partial charge in [0.25, 0.3) is 5.91 Å². The summed E-state index contributed by atoms with van der Waals surface area (Å²) in [6, 6.07) is 20.6. The second-order valence-electron chi connectivity index (χ2n) is 7.33. The fraction of sp³-hybridized carbons (Fsp3) is 0.208. The normalized spacial score (nSPS) is 13.7. The lowest BCUT2D eigenvalue weighted by atomic mass is 9.98.